The Kier molecular flexibility index (Phi) is 6.85. The van der Waals surface area contributed by atoms with Crippen LogP contribution < -0.4 is 24.8 Å². The summed E-state index contributed by atoms with van der Waals surface area (Å²) in [5.74, 6) is 0. The monoisotopic (exact) mass is 419 g/mol. The Morgan fingerprint density at radius 3 is 2.23 bits per heavy atom. The van der Waals surface area contributed by atoms with Gasteiger partial charge >= 0.3 is 154 Å². The van der Waals surface area contributed by atoms with E-state index in [-0.39, 0.29) is 44.0 Å². The van der Waals surface area contributed by atoms with Crippen molar-refractivity contribution in [2.24, 2.45) is 0 Å². The number of benzene rings is 1. The van der Waals surface area contributed by atoms with Crippen LogP contribution in [0.5, 0.6) is 0 Å². The summed E-state index contributed by atoms with van der Waals surface area (Å²) in [5.41, 5.74) is 10.4. The molecular formula is C22H23Cl2NTi. The number of hydrogen-bond acceptors (Lipinski definition) is 0. The standard InChI is InChI=1S/C15H14N.C7H9.2ClH.Ti/c1-11-5-6-12(2)15-10-13(9-14(11)15)16-7-3-4-8-16;1-6-4-3-5-7(6)2;;;/h3-10H,1-2H3;4H,3H2,1-2H3;2*1H;/q;;;;+2/p-2. The van der Waals surface area contributed by atoms with E-state index in [0.29, 0.717) is 4.22 Å². The molecule has 2 aliphatic rings. The number of allylic oxidation sites excluding steroid dienone is 5. The van der Waals surface area contributed by atoms with Gasteiger partial charge in [0.15, 0.2) is 0 Å². The zero-order valence-electron chi connectivity index (χ0n) is 15.6. The Morgan fingerprint density at radius 2 is 1.62 bits per heavy atom. The van der Waals surface area contributed by atoms with Gasteiger partial charge in [0.25, 0.3) is 0 Å². The largest absolute Gasteiger partial charge is 1.00 e. The van der Waals surface area contributed by atoms with Crippen LogP contribution >= 0.6 is 0 Å². The second-order valence-corrected chi connectivity index (χ2v) is 9.25. The number of fused-ring (bicyclic) bond motifs is 1. The van der Waals surface area contributed by atoms with Crippen molar-refractivity contribution in [3.05, 3.63) is 80.0 Å². The summed E-state index contributed by atoms with van der Waals surface area (Å²) in [4.78, 5) is 0. The predicted molar refractivity (Wildman–Crippen MR) is 98.3 cm³/mol. The van der Waals surface area contributed by atoms with Gasteiger partial charge in [-0.2, -0.15) is 0 Å². The van der Waals surface area contributed by atoms with E-state index in [9.17, 15) is 0 Å². The van der Waals surface area contributed by atoms with Crippen molar-refractivity contribution in [2.75, 3.05) is 0 Å². The minimum atomic E-state index is -0.241. The fourth-order valence-electron chi connectivity index (χ4n) is 3.83. The van der Waals surface area contributed by atoms with E-state index < -0.39 is 0 Å². The summed E-state index contributed by atoms with van der Waals surface area (Å²) in [6.07, 6.45) is 10.4. The molecule has 1 atom stereocenters. The normalized spacial score (nSPS) is 17.8. The molecule has 0 fully saturated rings. The molecule has 1 unspecified atom stereocenters. The third-order valence-electron chi connectivity index (χ3n) is 5.48. The molecule has 1 heterocycles. The maximum Gasteiger partial charge on any atom is -1.00 e. The van der Waals surface area contributed by atoms with E-state index in [2.05, 4.69) is 81.1 Å². The maximum atomic E-state index is 2.44. The van der Waals surface area contributed by atoms with Gasteiger partial charge in [-0.15, -0.1) is 0 Å². The molecule has 0 spiro atoms. The smallest absolute Gasteiger partial charge is 1.00 e. The van der Waals surface area contributed by atoms with Crippen LogP contribution in [0.15, 0.2) is 57.8 Å². The summed E-state index contributed by atoms with van der Waals surface area (Å²) in [5, 5.41) is 0. The molecule has 26 heavy (non-hydrogen) atoms. The molecule has 0 bridgehead atoms. The molecule has 1 aromatic carbocycles. The summed E-state index contributed by atoms with van der Waals surface area (Å²) in [7, 11) is 0. The third-order valence-corrected chi connectivity index (χ3v) is 8.29. The van der Waals surface area contributed by atoms with E-state index in [1.165, 1.54) is 34.4 Å². The van der Waals surface area contributed by atoms with Crippen molar-refractivity contribution < 1.29 is 44.0 Å². The number of rotatable bonds is 3. The van der Waals surface area contributed by atoms with Crippen LogP contribution in [0, 0.1) is 13.8 Å². The van der Waals surface area contributed by atoms with Gasteiger partial charge in [-0.05, 0) is 0 Å². The molecule has 0 N–H and O–H groups in total. The molecule has 0 radical (unpaired) electrons. The Balaban J connectivity index is 0.00000121. The minimum absolute atomic E-state index is 0. The summed E-state index contributed by atoms with van der Waals surface area (Å²) in [6, 6.07) is 8.84. The SMILES string of the molecule is CC1=CC[C]([Ti+2][CH]2C(n3cccc3)=Cc3c(C)ccc(C)c32)=C1C.[Cl-].[Cl-]. The zero-order valence-corrected chi connectivity index (χ0v) is 18.7. The summed E-state index contributed by atoms with van der Waals surface area (Å²) < 4.78 is 4.64. The van der Waals surface area contributed by atoms with Crippen LogP contribution in [-0.2, 0) is 19.2 Å². The van der Waals surface area contributed by atoms with Crippen molar-refractivity contribution in [2.45, 2.75) is 38.3 Å². The van der Waals surface area contributed by atoms with Crippen LogP contribution in [-0.4, -0.2) is 4.57 Å². The maximum absolute atomic E-state index is 2.44. The molecule has 2 aliphatic carbocycles. The summed E-state index contributed by atoms with van der Waals surface area (Å²) >= 11 is -0.241. The van der Waals surface area contributed by atoms with Crippen LogP contribution in [0.1, 0.15) is 46.7 Å². The number of nitrogens with zero attached hydrogens (tertiary/aromatic N) is 1. The van der Waals surface area contributed by atoms with Crippen molar-refractivity contribution in [3.8, 4) is 0 Å². The molecule has 1 aromatic heterocycles. The van der Waals surface area contributed by atoms with E-state index in [4.69, 9.17) is 0 Å². The van der Waals surface area contributed by atoms with Crippen molar-refractivity contribution in [1.29, 1.82) is 0 Å². The number of aromatic nitrogens is 1. The molecule has 4 heteroatoms. The quantitative estimate of drug-likeness (QED) is 0.611. The molecular weight excluding hydrogens is 397 g/mol. The Bertz CT molecular complexity index is 904. The Labute approximate surface area is 178 Å². The predicted octanol–water partition coefficient (Wildman–Crippen LogP) is -0.128. The average molecular weight is 420 g/mol. The second-order valence-electron chi connectivity index (χ2n) is 6.96. The first kappa shape index (κ1) is 21.3. The zero-order chi connectivity index (χ0) is 16.8. The van der Waals surface area contributed by atoms with Gasteiger partial charge in [0.2, 0.25) is 0 Å². The van der Waals surface area contributed by atoms with Crippen molar-refractivity contribution in [1.82, 2.24) is 4.57 Å². The van der Waals surface area contributed by atoms with Gasteiger partial charge in [0.05, 0.1) is 0 Å². The first-order valence-corrected chi connectivity index (χ1v) is 10.3. The van der Waals surface area contributed by atoms with Gasteiger partial charge in [0, 0.05) is 0 Å². The first-order chi connectivity index (χ1) is 11.6. The molecule has 0 saturated carbocycles. The molecule has 1 nitrogen and oxygen atoms in total. The van der Waals surface area contributed by atoms with Crippen molar-refractivity contribution in [3.63, 3.8) is 0 Å². The fourth-order valence-corrected chi connectivity index (χ4v) is 6.78. The average Bonchev–Trinajstić information content (AvgIpc) is 3.27. The fraction of sp³-hybridized carbons (Fsp3) is 0.273. The van der Waals surface area contributed by atoms with Crippen LogP contribution in [0.25, 0.3) is 11.8 Å². The molecule has 4 rings (SSSR count). The number of halogens is 2. The number of hydrogen-bond donors (Lipinski definition) is 0. The Morgan fingerprint density at radius 1 is 0.962 bits per heavy atom. The first-order valence-electron chi connectivity index (χ1n) is 8.64. The molecule has 0 aliphatic heterocycles. The van der Waals surface area contributed by atoms with E-state index in [1.54, 1.807) is 15.0 Å². The molecule has 0 amide bonds. The van der Waals surface area contributed by atoms with Crippen LogP contribution in [0.4, 0.5) is 0 Å². The van der Waals surface area contributed by atoms with E-state index in [0.717, 1.165) is 0 Å². The molecule has 2 aromatic rings. The van der Waals surface area contributed by atoms with Gasteiger partial charge in [0.1, 0.15) is 0 Å². The Hall–Kier alpha value is -0.986. The van der Waals surface area contributed by atoms with Gasteiger partial charge < -0.3 is 24.8 Å². The number of aryl methyl sites for hydroxylation is 2. The van der Waals surface area contributed by atoms with Crippen LogP contribution in [0.3, 0.4) is 0 Å². The molecule has 134 valence electrons. The molecule has 0 saturated heterocycles. The van der Waals surface area contributed by atoms with Gasteiger partial charge in [-0.25, -0.2) is 0 Å². The summed E-state index contributed by atoms with van der Waals surface area (Å²) in [6.45, 7) is 9.10. The van der Waals surface area contributed by atoms with Gasteiger partial charge in [-0.1, -0.05) is 0 Å². The van der Waals surface area contributed by atoms with Crippen LogP contribution in [0.2, 0.25) is 0 Å². The van der Waals surface area contributed by atoms with Crippen molar-refractivity contribution >= 4 is 11.8 Å². The topological polar surface area (TPSA) is 4.93 Å². The minimum Gasteiger partial charge on any atom is -1.00 e. The third kappa shape index (κ3) is 3.55. The second kappa shape index (κ2) is 8.36. The van der Waals surface area contributed by atoms with Gasteiger partial charge in [-0.3, -0.25) is 0 Å². The van der Waals surface area contributed by atoms with E-state index in [1.807, 2.05) is 0 Å². The van der Waals surface area contributed by atoms with E-state index >= 15 is 0 Å².